The van der Waals surface area contributed by atoms with Crippen molar-refractivity contribution in [1.29, 1.82) is 0 Å². The van der Waals surface area contributed by atoms with E-state index in [2.05, 4.69) is 12.2 Å². The molecule has 0 saturated heterocycles. The molecule has 0 saturated carbocycles. The molecule has 2 radical (unpaired) electrons. The molecule has 0 aliphatic heterocycles. The summed E-state index contributed by atoms with van der Waals surface area (Å²) >= 11 is 0. The maximum absolute atomic E-state index is 3.02. The van der Waals surface area contributed by atoms with Crippen LogP contribution >= 0.6 is 0 Å². The Bertz CT molecular complexity index is 66.0. The Morgan fingerprint density at radius 1 is 1.50 bits per heavy atom. The van der Waals surface area contributed by atoms with Crippen LogP contribution in [0.5, 0.6) is 0 Å². The van der Waals surface area contributed by atoms with Gasteiger partial charge in [0.25, 0.3) is 0 Å². The first-order valence-corrected chi connectivity index (χ1v) is 2.13. The van der Waals surface area contributed by atoms with Crippen LogP contribution in [-0.4, -0.2) is 0 Å². The van der Waals surface area contributed by atoms with E-state index in [0.29, 0.717) is 0 Å². The third-order valence-electron chi connectivity index (χ3n) is 0.736. The fourth-order valence-corrected chi connectivity index (χ4v) is 0.429. The summed E-state index contributed by atoms with van der Waals surface area (Å²) in [6.07, 6.45) is 12.0. The van der Waals surface area contributed by atoms with E-state index in [9.17, 15) is 0 Å². The van der Waals surface area contributed by atoms with Crippen molar-refractivity contribution in [3.8, 4) is 0 Å². The van der Waals surface area contributed by atoms with Gasteiger partial charge < -0.3 is 0 Å². The second-order valence-electron chi connectivity index (χ2n) is 1.26. The predicted octanol–water partition coefficient (Wildman–Crippen LogP) is 1.50. The van der Waals surface area contributed by atoms with Gasteiger partial charge in [-0.1, -0.05) is 12.2 Å². The Morgan fingerprint density at radius 2 is 2.50 bits per heavy atom. The van der Waals surface area contributed by atoms with Crippen molar-refractivity contribution in [2.75, 3.05) is 0 Å². The highest BCUT2D eigenvalue weighted by Gasteiger charge is 1.79. The third kappa shape index (κ3) is 0.713. The van der Waals surface area contributed by atoms with Crippen molar-refractivity contribution in [1.82, 2.24) is 0 Å². The van der Waals surface area contributed by atoms with E-state index >= 15 is 0 Å². The Kier molecular flexibility index (Phi) is 1.10. The lowest BCUT2D eigenvalue weighted by molar-refractivity contribution is 1.00. The summed E-state index contributed by atoms with van der Waals surface area (Å²) in [5, 5.41) is 0. The second kappa shape index (κ2) is 1.81. The molecule has 0 fully saturated rings. The first-order valence-electron chi connectivity index (χ1n) is 2.13. The van der Waals surface area contributed by atoms with E-state index in [-0.39, 0.29) is 0 Å². The van der Waals surface area contributed by atoms with Crippen LogP contribution in [0.4, 0.5) is 0 Å². The second-order valence-corrected chi connectivity index (χ2v) is 1.26. The van der Waals surface area contributed by atoms with E-state index < -0.39 is 0 Å². The van der Waals surface area contributed by atoms with Gasteiger partial charge in [0.15, 0.2) is 0 Å². The molecule has 0 aromatic rings. The quantitative estimate of drug-likeness (QED) is 0.412. The number of hydrogen-bond donors (Lipinski definition) is 0. The normalized spacial score (nSPS) is 18.7. The van der Waals surface area contributed by atoms with Crippen molar-refractivity contribution in [3.05, 3.63) is 24.3 Å². The molecule has 0 N–H and O–H groups in total. The molecule has 0 unspecified atom stereocenters. The van der Waals surface area contributed by atoms with Gasteiger partial charge in [-0.2, -0.15) is 0 Å². The smallest absolute Gasteiger partial charge is 0.0224 e. The number of rotatable bonds is 0. The predicted molar refractivity (Wildman–Crippen MR) is 24.9 cm³/mol. The van der Waals surface area contributed by atoms with Gasteiger partial charge >= 0.3 is 0 Å². The molecule has 0 bridgehead atoms. The van der Waals surface area contributed by atoms with Crippen LogP contribution < -0.4 is 0 Å². The first-order chi connectivity index (χ1) is 3.00. The zero-order chi connectivity index (χ0) is 4.24. The molecule has 6 heavy (non-hydrogen) atoms. The molecular weight excluding hydrogens is 72.1 g/mol. The van der Waals surface area contributed by atoms with E-state index in [4.69, 9.17) is 0 Å². The minimum absolute atomic E-state index is 1.08. The maximum Gasteiger partial charge on any atom is -0.0224 e. The van der Waals surface area contributed by atoms with Crippen molar-refractivity contribution in [2.24, 2.45) is 0 Å². The molecule has 0 aromatic heterocycles. The van der Waals surface area contributed by atoms with Crippen LogP contribution in [0.25, 0.3) is 0 Å². The highest BCUT2D eigenvalue weighted by Crippen LogP contribution is 1.96. The summed E-state index contributed by atoms with van der Waals surface area (Å²) in [7, 11) is 0. The zero-order valence-electron chi connectivity index (χ0n) is 3.57. The summed E-state index contributed by atoms with van der Waals surface area (Å²) < 4.78 is 0. The minimum atomic E-state index is 1.08. The van der Waals surface area contributed by atoms with Gasteiger partial charge in [0.05, 0.1) is 0 Å². The highest BCUT2D eigenvalue weighted by molar-refractivity contribution is 4.96. The summed E-state index contributed by atoms with van der Waals surface area (Å²) in [6.45, 7) is 0. The maximum atomic E-state index is 3.02. The topological polar surface area (TPSA) is 0 Å². The molecule has 1 rings (SSSR count). The molecule has 1 aliphatic carbocycles. The lowest BCUT2D eigenvalue weighted by Crippen LogP contribution is -1.69. The van der Waals surface area contributed by atoms with Gasteiger partial charge in [0, 0.05) is 0 Å². The molecule has 30 valence electrons. The molecule has 0 spiro atoms. The van der Waals surface area contributed by atoms with Gasteiger partial charge in [-0.05, 0) is 25.0 Å². The molecule has 0 nitrogen and oxygen atoms in total. The Morgan fingerprint density at radius 3 is 2.67 bits per heavy atom. The summed E-state index contributed by atoms with van der Waals surface area (Å²) in [4.78, 5) is 0. The SMILES string of the molecule is [C]1=C[C]=CCC1. The Hall–Kier alpha value is -0.520. The highest BCUT2D eigenvalue weighted by atomic mass is 13.8. The summed E-state index contributed by atoms with van der Waals surface area (Å²) in [6, 6.07) is 0. The fraction of sp³-hybridized carbons (Fsp3) is 0.333. The van der Waals surface area contributed by atoms with Crippen LogP contribution in [-0.2, 0) is 0 Å². The lowest BCUT2D eigenvalue weighted by Gasteiger charge is -1.86. The molecule has 0 atom stereocenters. The van der Waals surface area contributed by atoms with Gasteiger partial charge in [0.1, 0.15) is 0 Å². The first kappa shape index (κ1) is 3.66. The third-order valence-corrected chi connectivity index (χ3v) is 0.736. The molecule has 0 aromatic carbocycles. The fourth-order valence-electron chi connectivity index (χ4n) is 0.429. The molecule has 0 amide bonds. The van der Waals surface area contributed by atoms with Crippen LogP contribution in [0, 0.1) is 12.2 Å². The molecular formula is C6H6. The largest absolute Gasteiger partial charge is 0.0763 e. The zero-order valence-corrected chi connectivity index (χ0v) is 3.57. The van der Waals surface area contributed by atoms with Crippen molar-refractivity contribution in [2.45, 2.75) is 12.8 Å². The van der Waals surface area contributed by atoms with Crippen LogP contribution in [0.3, 0.4) is 0 Å². The van der Waals surface area contributed by atoms with Gasteiger partial charge in [-0.25, -0.2) is 0 Å². The average Bonchev–Trinajstić information content (AvgIpc) is 1.72. The average molecular weight is 78.1 g/mol. The van der Waals surface area contributed by atoms with Gasteiger partial charge in [-0.3, -0.25) is 0 Å². The minimum Gasteiger partial charge on any atom is -0.0763 e. The van der Waals surface area contributed by atoms with E-state index in [0.717, 1.165) is 12.8 Å². The van der Waals surface area contributed by atoms with Crippen molar-refractivity contribution in [3.63, 3.8) is 0 Å². The van der Waals surface area contributed by atoms with E-state index in [1.54, 1.807) is 0 Å². The van der Waals surface area contributed by atoms with Crippen LogP contribution in [0.1, 0.15) is 12.8 Å². The summed E-state index contributed by atoms with van der Waals surface area (Å²) in [5.74, 6) is 0. The molecule has 0 heteroatoms. The van der Waals surface area contributed by atoms with E-state index in [1.165, 1.54) is 0 Å². The number of allylic oxidation sites excluding steroid dienone is 4. The van der Waals surface area contributed by atoms with Crippen LogP contribution in [0.2, 0.25) is 0 Å². The van der Waals surface area contributed by atoms with Gasteiger partial charge in [0.2, 0.25) is 0 Å². The number of hydrogen-bond acceptors (Lipinski definition) is 0. The molecule has 1 aliphatic rings. The van der Waals surface area contributed by atoms with Crippen molar-refractivity contribution >= 4 is 0 Å². The Labute approximate surface area is 38.2 Å². The van der Waals surface area contributed by atoms with Crippen LogP contribution in [0.15, 0.2) is 12.2 Å². The standard InChI is InChI=1S/C6H6/c1-2-4-6-5-3-1/h1,5H,2,4H2. The monoisotopic (exact) mass is 78.0 g/mol. The molecule has 0 heterocycles. The van der Waals surface area contributed by atoms with E-state index in [1.807, 2.05) is 12.2 Å². The van der Waals surface area contributed by atoms with Crippen molar-refractivity contribution < 1.29 is 0 Å². The Balaban J connectivity index is 2.46. The van der Waals surface area contributed by atoms with Gasteiger partial charge in [-0.15, -0.1) is 0 Å². The summed E-state index contributed by atoms with van der Waals surface area (Å²) in [5.41, 5.74) is 0. The lowest BCUT2D eigenvalue weighted by atomic mass is 10.2.